The van der Waals surface area contributed by atoms with Gasteiger partial charge in [-0.2, -0.15) is 0 Å². The van der Waals surface area contributed by atoms with Crippen LogP contribution in [0.4, 0.5) is 9.59 Å². The molecular weight excluding hydrogens is 392 g/mol. The standard InChI is InChI=1S/C21H28N2O7/c1-21(2,3)30-20(26)23-10-11-28-16(13-23)12-17(18(24)27-4)22-19(25)29-14-15-8-6-5-7-9-15/h5-9,12,16H,10-11,13-14H2,1-4H3,(H,22,25)/b17-12-. The Morgan fingerprint density at radius 1 is 1.23 bits per heavy atom. The van der Waals surface area contributed by atoms with Gasteiger partial charge in [0.15, 0.2) is 0 Å². The summed E-state index contributed by atoms with van der Waals surface area (Å²) in [5.74, 6) is -0.760. The molecule has 0 saturated carbocycles. The van der Waals surface area contributed by atoms with E-state index in [1.54, 1.807) is 20.8 Å². The summed E-state index contributed by atoms with van der Waals surface area (Å²) in [5.41, 5.74) is 0.0496. The number of nitrogens with zero attached hydrogens (tertiary/aromatic N) is 1. The maximum Gasteiger partial charge on any atom is 0.412 e. The average Bonchev–Trinajstić information content (AvgIpc) is 2.71. The van der Waals surface area contributed by atoms with Crippen LogP contribution in [0.3, 0.4) is 0 Å². The molecule has 1 aromatic rings. The van der Waals surface area contributed by atoms with Crippen molar-refractivity contribution in [3.8, 4) is 0 Å². The first-order valence-electron chi connectivity index (χ1n) is 9.55. The van der Waals surface area contributed by atoms with E-state index in [4.69, 9.17) is 18.9 Å². The number of esters is 1. The van der Waals surface area contributed by atoms with E-state index < -0.39 is 29.9 Å². The third-order valence-corrected chi connectivity index (χ3v) is 3.95. The van der Waals surface area contributed by atoms with Crippen LogP contribution in [0.25, 0.3) is 0 Å². The number of nitrogens with one attached hydrogen (secondary N) is 1. The molecule has 0 aromatic heterocycles. The Bertz CT molecular complexity index is 771. The lowest BCUT2D eigenvalue weighted by molar-refractivity contribution is -0.136. The molecule has 9 heteroatoms. The third kappa shape index (κ3) is 7.75. The number of hydrogen-bond donors (Lipinski definition) is 1. The average molecular weight is 420 g/mol. The van der Waals surface area contributed by atoms with Gasteiger partial charge >= 0.3 is 18.2 Å². The number of ether oxygens (including phenoxy) is 4. The Hall–Kier alpha value is -3.07. The van der Waals surface area contributed by atoms with Crippen LogP contribution < -0.4 is 5.32 Å². The van der Waals surface area contributed by atoms with Crippen LogP contribution in [-0.4, -0.2) is 61.6 Å². The first-order valence-corrected chi connectivity index (χ1v) is 9.55. The van der Waals surface area contributed by atoms with Crippen LogP contribution in [0.1, 0.15) is 26.3 Å². The number of morpholine rings is 1. The van der Waals surface area contributed by atoms with Crippen LogP contribution >= 0.6 is 0 Å². The maximum absolute atomic E-state index is 12.3. The molecule has 1 aliphatic rings. The highest BCUT2D eigenvalue weighted by atomic mass is 16.6. The maximum atomic E-state index is 12.3. The molecule has 1 N–H and O–H groups in total. The van der Waals surface area contributed by atoms with Gasteiger partial charge in [0.05, 0.1) is 26.4 Å². The van der Waals surface area contributed by atoms with Crippen molar-refractivity contribution in [2.45, 2.75) is 39.1 Å². The second-order valence-electron chi connectivity index (χ2n) is 7.59. The number of alkyl carbamates (subject to hydrolysis) is 1. The summed E-state index contributed by atoms with van der Waals surface area (Å²) in [6.45, 7) is 6.17. The zero-order valence-electron chi connectivity index (χ0n) is 17.7. The molecule has 1 unspecified atom stereocenters. The molecule has 1 heterocycles. The molecule has 1 aliphatic heterocycles. The number of benzene rings is 1. The minimum atomic E-state index is -0.810. The topological polar surface area (TPSA) is 103 Å². The Balaban J connectivity index is 2.00. The number of amides is 2. The molecule has 1 fully saturated rings. The number of carbonyl (C=O) groups is 3. The lowest BCUT2D eigenvalue weighted by atomic mass is 10.2. The second kappa shape index (κ2) is 10.6. The highest BCUT2D eigenvalue weighted by molar-refractivity contribution is 5.92. The lowest BCUT2D eigenvalue weighted by Crippen LogP contribution is -2.47. The third-order valence-electron chi connectivity index (χ3n) is 3.95. The summed E-state index contributed by atoms with van der Waals surface area (Å²) in [6.07, 6.45) is -0.518. The molecule has 0 radical (unpaired) electrons. The SMILES string of the molecule is COC(=O)/C(=C/C1CN(C(=O)OC(C)(C)C)CCO1)NC(=O)OCc1ccccc1. The zero-order chi connectivity index (χ0) is 22.1. The van der Waals surface area contributed by atoms with E-state index >= 15 is 0 Å². The van der Waals surface area contributed by atoms with Gasteiger partial charge in [-0.3, -0.25) is 5.32 Å². The molecule has 2 amide bonds. The molecule has 0 bridgehead atoms. The fourth-order valence-corrected chi connectivity index (χ4v) is 2.59. The molecule has 30 heavy (non-hydrogen) atoms. The van der Waals surface area contributed by atoms with Crippen LogP contribution in [0.2, 0.25) is 0 Å². The number of rotatable bonds is 5. The van der Waals surface area contributed by atoms with Crippen LogP contribution in [0, 0.1) is 0 Å². The molecule has 1 saturated heterocycles. The minimum absolute atomic E-state index is 0.0491. The van der Waals surface area contributed by atoms with E-state index in [0.29, 0.717) is 6.54 Å². The van der Waals surface area contributed by atoms with Gasteiger partial charge in [0.25, 0.3) is 0 Å². The van der Waals surface area contributed by atoms with Crippen molar-refractivity contribution in [2.24, 2.45) is 0 Å². The van der Waals surface area contributed by atoms with E-state index in [2.05, 4.69) is 5.32 Å². The van der Waals surface area contributed by atoms with Gasteiger partial charge in [-0.1, -0.05) is 30.3 Å². The van der Waals surface area contributed by atoms with E-state index in [-0.39, 0.29) is 25.5 Å². The molecular formula is C21H28N2O7. The first kappa shape index (κ1) is 23.2. The van der Waals surface area contributed by atoms with Gasteiger partial charge in [-0.15, -0.1) is 0 Å². The highest BCUT2D eigenvalue weighted by Crippen LogP contribution is 2.14. The van der Waals surface area contributed by atoms with Gasteiger partial charge in [0, 0.05) is 6.54 Å². The van der Waals surface area contributed by atoms with Crippen LogP contribution in [-0.2, 0) is 30.3 Å². The number of hydrogen-bond acceptors (Lipinski definition) is 7. The van der Waals surface area contributed by atoms with Crippen molar-refractivity contribution in [1.82, 2.24) is 10.2 Å². The van der Waals surface area contributed by atoms with Gasteiger partial charge in [0.2, 0.25) is 0 Å². The summed E-state index contributed by atoms with van der Waals surface area (Å²) < 4.78 is 20.8. The van der Waals surface area contributed by atoms with Crippen LogP contribution in [0.15, 0.2) is 42.1 Å². The Kier molecular flexibility index (Phi) is 8.23. The van der Waals surface area contributed by atoms with Crippen molar-refractivity contribution in [1.29, 1.82) is 0 Å². The normalized spacial score (nSPS) is 17.1. The monoisotopic (exact) mass is 420 g/mol. The molecule has 164 valence electrons. The first-order chi connectivity index (χ1) is 14.2. The van der Waals surface area contributed by atoms with Gasteiger partial charge < -0.3 is 23.8 Å². The van der Waals surface area contributed by atoms with E-state index in [1.807, 2.05) is 30.3 Å². The van der Waals surface area contributed by atoms with Crippen LogP contribution in [0.5, 0.6) is 0 Å². The molecule has 9 nitrogen and oxygen atoms in total. The zero-order valence-corrected chi connectivity index (χ0v) is 17.7. The predicted octanol–water partition coefficient (Wildman–Crippen LogP) is 2.61. The van der Waals surface area contributed by atoms with E-state index in [0.717, 1.165) is 5.56 Å². The van der Waals surface area contributed by atoms with Crippen molar-refractivity contribution in [3.63, 3.8) is 0 Å². The predicted molar refractivity (Wildman–Crippen MR) is 107 cm³/mol. The molecule has 1 aromatic carbocycles. The lowest BCUT2D eigenvalue weighted by Gasteiger charge is -2.33. The fourth-order valence-electron chi connectivity index (χ4n) is 2.59. The van der Waals surface area contributed by atoms with E-state index in [1.165, 1.54) is 18.1 Å². The van der Waals surface area contributed by atoms with E-state index in [9.17, 15) is 14.4 Å². The molecule has 0 spiro atoms. The molecule has 1 atom stereocenters. The number of methoxy groups -OCH3 is 1. The summed E-state index contributed by atoms with van der Waals surface area (Å²) >= 11 is 0. The van der Waals surface area contributed by atoms with Gasteiger partial charge in [-0.05, 0) is 32.4 Å². The molecule has 0 aliphatic carbocycles. The largest absolute Gasteiger partial charge is 0.464 e. The summed E-state index contributed by atoms with van der Waals surface area (Å²) in [4.78, 5) is 38.0. The quantitative estimate of drug-likeness (QED) is 0.444. The Labute approximate surface area is 175 Å². The highest BCUT2D eigenvalue weighted by Gasteiger charge is 2.28. The van der Waals surface area contributed by atoms with Crippen molar-refractivity contribution in [2.75, 3.05) is 26.8 Å². The summed E-state index contributed by atoms with van der Waals surface area (Å²) in [6, 6.07) is 9.13. The Morgan fingerprint density at radius 2 is 1.93 bits per heavy atom. The van der Waals surface area contributed by atoms with Crippen molar-refractivity contribution >= 4 is 18.2 Å². The number of carbonyl (C=O) groups excluding carboxylic acids is 3. The fraction of sp³-hybridized carbons (Fsp3) is 0.476. The Morgan fingerprint density at radius 3 is 2.57 bits per heavy atom. The summed E-state index contributed by atoms with van der Waals surface area (Å²) in [7, 11) is 1.20. The minimum Gasteiger partial charge on any atom is -0.464 e. The van der Waals surface area contributed by atoms with Crippen molar-refractivity contribution in [3.05, 3.63) is 47.7 Å². The van der Waals surface area contributed by atoms with Gasteiger partial charge in [0.1, 0.15) is 17.9 Å². The summed E-state index contributed by atoms with van der Waals surface area (Å²) in [5, 5.41) is 2.38. The van der Waals surface area contributed by atoms with Gasteiger partial charge in [-0.25, -0.2) is 14.4 Å². The molecule has 2 rings (SSSR count). The second-order valence-corrected chi connectivity index (χ2v) is 7.59. The van der Waals surface area contributed by atoms with Crippen molar-refractivity contribution < 1.29 is 33.3 Å². The smallest absolute Gasteiger partial charge is 0.412 e.